The van der Waals surface area contributed by atoms with Crippen LogP contribution in [0.5, 0.6) is 0 Å². The summed E-state index contributed by atoms with van der Waals surface area (Å²) >= 11 is 0. The van der Waals surface area contributed by atoms with Crippen LogP contribution in [0.1, 0.15) is 22.8 Å². The molecule has 0 bridgehead atoms. The molecule has 0 spiro atoms. The minimum Gasteiger partial charge on any atom is -0.462 e. The fraction of sp³-hybridized carbons (Fsp3) is 0.235. The van der Waals surface area contributed by atoms with Crippen molar-refractivity contribution in [2.45, 2.75) is 19.6 Å². The molecule has 1 aromatic heterocycles. The van der Waals surface area contributed by atoms with Gasteiger partial charge in [0, 0.05) is 18.0 Å². The van der Waals surface area contributed by atoms with E-state index in [1.807, 2.05) is 0 Å². The van der Waals surface area contributed by atoms with E-state index in [1.165, 1.54) is 24.3 Å². The van der Waals surface area contributed by atoms with E-state index < -0.39 is 35.7 Å². The van der Waals surface area contributed by atoms with E-state index >= 15 is 0 Å². The fourth-order valence-electron chi connectivity index (χ4n) is 2.08. The molecule has 9 heteroatoms. The van der Waals surface area contributed by atoms with Crippen LogP contribution >= 0.6 is 0 Å². The predicted octanol–water partition coefficient (Wildman–Crippen LogP) is 2.68. The maximum absolute atomic E-state index is 12.7. The summed E-state index contributed by atoms with van der Waals surface area (Å²) in [5.41, 5.74) is -1.14. The van der Waals surface area contributed by atoms with Gasteiger partial charge in [0.15, 0.2) is 0 Å². The van der Waals surface area contributed by atoms with Crippen molar-refractivity contribution in [3.63, 3.8) is 0 Å². The Bertz CT molecular complexity index is 858. The smallest absolute Gasteiger partial charge is 0.417 e. The van der Waals surface area contributed by atoms with Gasteiger partial charge in [-0.3, -0.25) is 9.59 Å². The lowest BCUT2D eigenvalue weighted by Crippen LogP contribution is -2.28. The van der Waals surface area contributed by atoms with Gasteiger partial charge in [-0.05, 0) is 37.3 Å². The van der Waals surface area contributed by atoms with Gasteiger partial charge in [0.05, 0.1) is 17.7 Å². The number of ether oxygens (including phenoxy) is 1. The molecule has 2 rings (SSSR count). The van der Waals surface area contributed by atoms with Crippen molar-refractivity contribution < 1.29 is 27.5 Å². The second-order valence-electron chi connectivity index (χ2n) is 5.23. The van der Waals surface area contributed by atoms with Crippen LogP contribution in [0.4, 0.5) is 18.9 Å². The minimum absolute atomic E-state index is 0.225. The lowest BCUT2D eigenvalue weighted by molar-refractivity contribution is -0.138. The number of esters is 1. The summed E-state index contributed by atoms with van der Waals surface area (Å²) in [5.74, 6) is -1.20. The molecule has 0 atom stereocenters. The minimum atomic E-state index is -4.62. The molecule has 0 radical (unpaired) electrons. The molecule has 1 N–H and O–H groups in total. The Kier molecular flexibility index (Phi) is 5.81. The summed E-state index contributed by atoms with van der Waals surface area (Å²) in [7, 11) is 0. The Balaban J connectivity index is 2.07. The number of benzene rings is 1. The number of aromatic nitrogens is 1. The molecule has 0 aliphatic rings. The highest BCUT2D eigenvalue weighted by molar-refractivity contribution is 5.93. The highest BCUT2D eigenvalue weighted by atomic mass is 19.4. The predicted molar refractivity (Wildman–Crippen MR) is 86.7 cm³/mol. The highest BCUT2D eigenvalue weighted by Crippen LogP contribution is 2.28. The lowest BCUT2D eigenvalue weighted by Gasteiger charge is -2.11. The van der Waals surface area contributed by atoms with Gasteiger partial charge in [-0.25, -0.2) is 4.79 Å². The Morgan fingerprint density at radius 1 is 1.12 bits per heavy atom. The summed E-state index contributed by atoms with van der Waals surface area (Å²) < 4.78 is 43.6. The molecular formula is C17H15F3N2O4. The average Bonchev–Trinajstić information content (AvgIpc) is 2.56. The van der Waals surface area contributed by atoms with Crippen molar-refractivity contribution >= 4 is 17.6 Å². The second-order valence-corrected chi connectivity index (χ2v) is 5.23. The van der Waals surface area contributed by atoms with Crippen LogP contribution in [-0.4, -0.2) is 23.1 Å². The number of hydrogen-bond acceptors (Lipinski definition) is 4. The van der Waals surface area contributed by atoms with Gasteiger partial charge < -0.3 is 14.6 Å². The van der Waals surface area contributed by atoms with E-state index in [9.17, 15) is 27.6 Å². The first kappa shape index (κ1) is 19.2. The Hall–Kier alpha value is -3.10. The maximum Gasteiger partial charge on any atom is 0.417 e. The van der Waals surface area contributed by atoms with Crippen LogP contribution in [-0.2, 0) is 22.3 Å². The van der Waals surface area contributed by atoms with Crippen molar-refractivity contribution in [2.75, 3.05) is 11.9 Å². The topological polar surface area (TPSA) is 77.4 Å². The van der Waals surface area contributed by atoms with E-state index in [1.54, 1.807) is 6.92 Å². The van der Waals surface area contributed by atoms with Crippen molar-refractivity contribution in [1.29, 1.82) is 0 Å². The molecule has 1 aromatic carbocycles. The third-order valence-corrected chi connectivity index (χ3v) is 3.30. The molecule has 26 heavy (non-hydrogen) atoms. The maximum atomic E-state index is 12.7. The van der Waals surface area contributed by atoms with Crippen LogP contribution < -0.4 is 10.9 Å². The first-order valence-electron chi connectivity index (χ1n) is 7.55. The first-order valence-corrected chi connectivity index (χ1v) is 7.55. The number of nitrogens with one attached hydrogen (secondary N) is 1. The average molecular weight is 368 g/mol. The molecule has 0 fully saturated rings. The van der Waals surface area contributed by atoms with Crippen LogP contribution in [0, 0.1) is 0 Å². The van der Waals surface area contributed by atoms with E-state index in [-0.39, 0.29) is 6.61 Å². The van der Waals surface area contributed by atoms with Crippen molar-refractivity contribution in [3.8, 4) is 0 Å². The normalized spacial score (nSPS) is 11.1. The quantitative estimate of drug-likeness (QED) is 0.824. The SMILES string of the molecule is CCOC(=O)c1ccc(NC(=O)Cn2cc(C(F)(F)F)ccc2=O)cc1. The van der Waals surface area contributed by atoms with Gasteiger partial charge in [0.25, 0.3) is 5.56 Å². The summed E-state index contributed by atoms with van der Waals surface area (Å²) in [5, 5.41) is 2.44. The van der Waals surface area contributed by atoms with E-state index in [2.05, 4.69) is 5.32 Å². The van der Waals surface area contributed by atoms with Crippen LogP contribution in [0.3, 0.4) is 0 Å². The molecule has 1 heterocycles. The van der Waals surface area contributed by atoms with E-state index in [0.29, 0.717) is 28.1 Å². The van der Waals surface area contributed by atoms with Gasteiger partial charge in [-0.15, -0.1) is 0 Å². The second kappa shape index (κ2) is 7.85. The molecule has 138 valence electrons. The molecule has 0 aliphatic heterocycles. The standard InChI is InChI=1S/C17H15F3N2O4/c1-2-26-16(25)11-3-6-13(7-4-11)21-14(23)10-22-9-12(17(18,19)20)5-8-15(22)24/h3-9H,2,10H2,1H3,(H,21,23). The molecule has 0 unspecified atom stereocenters. The van der Waals surface area contributed by atoms with Gasteiger partial charge in [0.1, 0.15) is 6.54 Å². The fourth-order valence-corrected chi connectivity index (χ4v) is 2.08. The monoisotopic (exact) mass is 368 g/mol. The molecule has 0 saturated heterocycles. The zero-order valence-electron chi connectivity index (χ0n) is 13.7. The Morgan fingerprint density at radius 2 is 1.77 bits per heavy atom. The molecule has 6 nitrogen and oxygen atoms in total. The molecule has 0 saturated carbocycles. The van der Waals surface area contributed by atoms with Crippen molar-refractivity contribution in [3.05, 3.63) is 64.1 Å². The van der Waals surface area contributed by atoms with E-state index in [4.69, 9.17) is 4.74 Å². The van der Waals surface area contributed by atoms with Gasteiger partial charge in [-0.1, -0.05) is 0 Å². The highest BCUT2D eigenvalue weighted by Gasteiger charge is 2.31. The summed E-state index contributed by atoms with van der Waals surface area (Å²) in [6.07, 6.45) is -4.03. The first-order chi connectivity index (χ1) is 12.2. The number of nitrogens with zero attached hydrogens (tertiary/aromatic N) is 1. The number of alkyl halides is 3. The number of halogens is 3. The summed E-state index contributed by atoms with van der Waals surface area (Å²) in [6, 6.07) is 7.17. The van der Waals surface area contributed by atoms with Crippen LogP contribution in [0.25, 0.3) is 0 Å². The number of amides is 1. The molecule has 2 aromatic rings. The zero-order chi connectivity index (χ0) is 19.3. The van der Waals surface area contributed by atoms with Crippen LogP contribution in [0.15, 0.2) is 47.4 Å². The Morgan fingerprint density at radius 3 is 2.35 bits per heavy atom. The lowest BCUT2D eigenvalue weighted by atomic mass is 10.2. The van der Waals surface area contributed by atoms with Gasteiger partial charge >= 0.3 is 12.1 Å². The summed E-state index contributed by atoms with van der Waals surface area (Å²) in [4.78, 5) is 35.1. The number of hydrogen-bond donors (Lipinski definition) is 1. The Labute approximate surface area is 146 Å². The van der Waals surface area contributed by atoms with Crippen LogP contribution in [0.2, 0.25) is 0 Å². The molecule has 0 aliphatic carbocycles. The van der Waals surface area contributed by atoms with Gasteiger partial charge in [0.2, 0.25) is 5.91 Å². The number of anilines is 1. The van der Waals surface area contributed by atoms with Crippen molar-refractivity contribution in [2.24, 2.45) is 0 Å². The van der Waals surface area contributed by atoms with Crippen molar-refractivity contribution in [1.82, 2.24) is 4.57 Å². The van der Waals surface area contributed by atoms with E-state index in [0.717, 1.165) is 6.07 Å². The van der Waals surface area contributed by atoms with Gasteiger partial charge in [-0.2, -0.15) is 13.2 Å². The third kappa shape index (κ3) is 4.95. The largest absolute Gasteiger partial charge is 0.462 e. The molecule has 1 amide bonds. The number of carbonyl (C=O) groups excluding carboxylic acids is 2. The number of rotatable bonds is 5. The zero-order valence-corrected chi connectivity index (χ0v) is 13.7. The summed E-state index contributed by atoms with van der Waals surface area (Å²) in [6.45, 7) is 1.31. The molecular weight excluding hydrogens is 353 g/mol. The number of pyridine rings is 1. The number of carbonyl (C=O) groups is 2. The third-order valence-electron chi connectivity index (χ3n) is 3.30.